The molecule has 4 rings (SSSR count). The Morgan fingerprint density at radius 1 is 1.43 bits per heavy atom. The molecule has 23 heavy (non-hydrogen) atoms. The molecule has 2 N–H and O–H groups in total. The van der Waals surface area contributed by atoms with Crippen LogP contribution in [-0.2, 0) is 15.3 Å². The summed E-state index contributed by atoms with van der Waals surface area (Å²) in [6.07, 6.45) is 2.72. The van der Waals surface area contributed by atoms with Crippen molar-refractivity contribution in [2.45, 2.75) is 31.1 Å². The predicted molar refractivity (Wildman–Crippen MR) is 86.6 cm³/mol. The number of fused-ring (bicyclic) bond motifs is 2. The Kier molecular flexibility index (Phi) is 3.50. The molecule has 3 aliphatic rings. The van der Waals surface area contributed by atoms with Gasteiger partial charge in [-0.3, -0.25) is 0 Å². The molecule has 6 nitrogen and oxygen atoms in total. The van der Waals surface area contributed by atoms with E-state index in [0.717, 1.165) is 30.8 Å². The van der Waals surface area contributed by atoms with Crippen molar-refractivity contribution in [3.63, 3.8) is 0 Å². The van der Waals surface area contributed by atoms with E-state index in [4.69, 9.17) is 27.9 Å². The summed E-state index contributed by atoms with van der Waals surface area (Å²) in [5, 5.41) is 1.51. The van der Waals surface area contributed by atoms with Gasteiger partial charge in [0.1, 0.15) is 19.7 Å². The van der Waals surface area contributed by atoms with Crippen LogP contribution in [0.4, 0.5) is 0 Å². The van der Waals surface area contributed by atoms with Crippen molar-refractivity contribution in [2.75, 3.05) is 20.3 Å². The summed E-state index contributed by atoms with van der Waals surface area (Å²) in [6.45, 7) is 1.53. The molecule has 3 heterocycles. The van der Waals surface area contributed by atoms with Gasteiger partial charge in [-0.1, -0.05) is 17.6 Å². The van der Waals surface area contributed by atoms with Crippen molar-refractivity contribution in [1.82, 2.24) is 5.06 Å². The van der Waals surface area contributed by atoms with Crippen LogP contribution < -0.4 is 15.9 Å². The average molecular weight is 313 g/mol. The second-order valence-electron chi connectivity index (χ2n) is 6.44. The molecule has 1 aromatic rings. The van der Waals surface area contributed by atoms with Crippen LogP contribution in [0.2, 0.25) is 0 Å². The number of guanidine groups is 1. The van der Waals surface area contributed by atoms with Crippen molar-refractivity contribution < 1.29 is 14.3 Å². The molecule has 1 saturated heterocycles. The molecule has 1 fully saturated rings. The Morgan fingerprint density at radius 3 is 3.00 bits per heavy atom. The maximum atomic E-state index is 6.24. The summed E-state index contributed by atoms with van der Waals surface area (Å²) in [5.41, 5.74) is 6.58. The summed E-state index contributed by atoms with van der Waals surface area (Å²) in [5.74, 6) is 1.45. The van der Waals surface area contributed by atoms with Crippen molar-refractivity contribution >= 4 is 19.3 Å². The molecule has 0 bridgehead atoms. The van der Waals surface area contributed by atoms with Crippen LogP contribution in [0.1, 0.15) is 24.8 Å². The third kappa shape index (κ3) is 2.48. The fraction of sp³-hybridized carbons (Fsp3) is 0.562. The topological polar surface area (TPSA) is 69.3 Å². The Hall–Kier alpha value is -1.73. The summed E-state index contributed by atoms with van der Waals surface area (Å²) in [6, 6.07) is 5.58. The number of ether oxygens (including phenoxy) is 2. The van der Waals surface area contributed by atoms with Gasteiger partial charge in [0, 0.05) is 26.0 Å². The summed E-state index contributed by atoms with van der Waals surface area (Å²) in [7, 11) is 7.71. The lowest BCUT2D eigenvalue weighted by Gasteiger charge is -2.40. The summed E-state index contributed by atoms with van der Waals surface area (Å²) in [4.78, 5) is 10.6. The van der Waals surface area contributed by atoms with E-state index >= 15 is 0 Å². The minimum atomic E-state index is -0.857. The van der Waals surface area contributed by atoms with Crippen LogP contribution in [0.15, 0.2) is 23.2 Å². The van der Waals surface area contributed by atoms with E-state index in [2.05, 4.69) is 4.99 Å². The minimum Gasteiger partial charge on any atom is -0.489 e. The highest BCUT2D eigenvalue weighted by molar-refractivity contribution is 6.32. The molecule has 7 heteroatoms. The first-order chi connectivity index (χ1) is 11.1. The Balaban J connectivity index is 1.74. The highest BCUT2D eigenvalue weighted by Gasteiger charge is 2.50. The van der Waals surface area contributed by atoms with E-state index in [1.807, 2.05) is 18.2 Å². The van der Waals surface area contributed by atoms with Crippen LogP contribution in [0.25, 0.3) is 0 Å². The molecule has 2 radical (unpaired) electrons. The standard InChI is InChI=1S/C16H20BN3O3/c1-20-15(18)19-16(23-20)8-14(10-3-2-6-21-9-10)22-13-5-4-11(17)7-12(13)16/h4-5,7,10,14H,2-3,6,8-9H2,1H3,(H2,18,19). The molecule has 0 saturated carbocycles. The number of hydrogen-bond donors (Lipinski definition) is 1. The van der Waals surface area contributed by atoms with Gasteiger partial charge in [-0.2, -0.15) is 0 Å². The Morgan fingerprint density at radius 2 is 2.30 bits per heavy atom. The molecule has 0 aromatic heterocycles. The SMILES string of the molecule is [B]c1ccc2c(c1)C1(CC(C3CCCOC3)O2)N=C(N)N(C)O1. The molecular formula is C16H20BN3O3. The predicted octanol–water partition coefficient (Wildman–Crippen LogP) is 0.403. The highest BCUT2D eigenvalue weighted by atomic mass is 16.7. The van der Waals surface area contributed by atoms with Crippen LogP contribution in [0.5, 0.6) is 5.75 Å². The van der Waals surface area contributed by atoms with Crippen molar-refractivity contribution in [2.24, 2.45) is 16.6 Å². The molecule has 120 valence electrons. The smallest absolute Gasteiger partial charge is 0.221 e. The lowest BCUT2D eigenvalue weighted by molar-refractivity contribution is -0.196. The van der Waals surface area contributed by atoms with E-state index in [-0.39, 0.29) is 6.10 Å². The summed E-state index contributed by atoms with van der Waals surface area (Å²) >= 11 is 0. The zero-order valence-corrected chi connectivity index (χ0v) is 13.2. The van der Waals surface area contributed by atoms with Gasteiger partial charge in [0.2, 0.25) is 11.7 Å². The lowest BCUT2D eigenvalue weighted by atomic mass is 9.83. The molecule has 3 unspecified atom stereocenters. The van der Waals surface area contributed by atoms with E-state index in [1.54, 1.807) is 7.05 Å². The quantitative estimate of drug-likeness (QED) is 0.760. The van der Waals surface area contributed by atoms with Crippen LogP contribution in [-0.4, -0.2) is 45.2 Å². The maximum absolute atomic E-state index is 6.24. The molecule has 3 atom stereocenters. The third-order valence-electron chi connectivity index (χ3n) is 4.81. The number of hydroxylamine groups is 2. The normalized spacial score (nSPS) is 33.3. The molecule has 1 spiro atoms. The minimum absolute atomic E-state index is 0.0190. The van der Waals surface area contributed by atoms with E-state index in [9.17, 15) is 0 Å². The van der Waals surface area contributed by atoms with Gasteiger partial charge in [-0.25, -0.2) is 14.9 Å². The maximum Gasteiger partial charge on any atom is 0.221 e. The monoisotopic (exact) mass is 313 g/mol. The van der Waals surface area contributed by atoms with Crippen LogP contribution >= 0.6 is 0 Å². The number of rotatable bonds is 1. The first-order valence-corrected chi connectivity index (χ1v) is 8.00. The van der Waals surface area contributed by atoms with Crippen molar-refractivity contribution in [3.8, 4) is 5.75 Å². The molecule has 1 aromatic carbocycles. The van der Waals surface area contributed by atoms with Gasteiger partial charge < -0.3 is 15.2 Å². The highest BCUT2D eigenvalue weighted by Crippen LogP contribution is 2.47. The zero-order valence-electron chi connectivity index (χ0n) is 13.2. The second-order valence-corrected chi connectivity index (χ2v) is 6.44. The number of aliphatic imine (C=N–C) groups is 1. The fourth-order valence-electron chi connectivity index (χ4n) is 3.61. The van der Waals surface area contributed by atoms with Gasteiger partial charge in [0.05, 0.1) is 12.2 Å². The third-order valence-corrected chi connectivity index (χ3v) is 4.81. The van der Waals surface area contributed by atoms with Gasteiger partial charge in [-0.05, 0) is 18.9 Å². The van der Waals surface area contributed by atoms with Crippen molar-refractivity contribution in [3.05, 3.63) is 23.8 Å². The summed E-state index contributed by atoms with van der Waals surface area (Å²) < 4.78 is 11.9. The fourth-order valence-corrected chi connectivity index (χ4v) is 3.61. The number of benzene rings is 1. The molecule has 0 aliphatic carbocycles. The Labute approximate surface area is 137 Å². The van der Waals surface area contributed by atoms with E-state index < -0.39 is 5.72 Å². The first kappa shape index (κ1) is 14.8. The molecular weight excluding hydrogens is 293 g/mol. The second kappa shape index (κ2) is 5.42. The van der Waals surface area contributed by atoms with Gasteiger partial charge in [0.15, 0.2) is 0 Å². The molecule has 0 amide bonds. The van der Waals surface area contributed by atoms with Gasteiger partial charge in [-0.15, -0.1) is 0 Å². The number of nitrogens with two attached hydrogens (primary N) is 1. The van der Waals surface area contributed by atoms with Gasteiger partial charge >= 0.3 is 0 Å². The first-order valence-electron chi connectivity index (χ1n) is 8.00. The zero-order chi connectivity index (χ0) is 16.0. The van der Waals surface area contributed by atoms with E-state index in [0.29, 0.717) is 30.4 Å². The van der Waals surface area contributed by atoms with Crippen LogP contribution in [0.3, 0.4) is 0 Å². The number of hydrogen-bond acceptors (Lipinski definition) is 6. The van der Waals surface area contributed by atoms with E-state index in [1.165, 1.54) is 5.06 Å². The van der Waals surface area contributed by atoms with Gasteiger partial charge in [0.25, 0.3) is 0 Å². The largest absolute Gasteiger partial charge is 0.489 e. The van der Waals surface area contributed by atoms with Crippen molar-refractivity contribution in [1.29, 1.82) is 0 Å². The average Bonchev–Trinajstić information content (AvgIpc) is 2.83. The van der Waals surface area contributed by atoms with Crippen LogP contribution in [0, 0.1) is 5.92 Å². The number of nitrogens with zero attached hydrogens (tertiary/aromatic N) is 2. The molecule has 3 aliphatic heterocycles. The Bertz CT molecular complexity index is 647. The lowest BCUT2D eigenvalue weighted by Crippen LogP contribution is -2.44.